The van der Waals surface area contributed by atoms with Crippen LogP contribution in [0.15, 0.2) is 6.08 Å². The summed E-state index contributed by atoms with van der Waals surface area (Å²) in [5.74, 6) is 0.445. The Morgan fingerprint density at radius 2 is 2.19 bits per heavy atom. The molecule has 0 aromatic carbocycles. The van der Waals surface area contributed by atoms with Crippen molar-refractivity contribution in [3.63, 3.8) is 0 Å². The standard InChI is InChI=1S/C15H25N3O3/c1-11(2)10-18(8-9-21-5)15-13(6-7-14(19)20)12(3)16-17(15)4/h6-7,11H,8-10H2,1-5H3,(H,19,20). The molecular weight excluding hydrogens is 270 g/mol. The van der Waals surface area contributed by atoms with Gasteiger partial charge in [-0.05, 0) is 18.9 Å². The fourth-order valence-corrected chi connectivity index (χ4v) is 2.31. The molecule has 0 aliphatic carbocycles. The lowest BCUT2D eigenvalue weighted by atomic mass is 10.1. The van der Waals surface area contributed by atoms with Crippen LogP contribution in [0.25, 0.3) is 6.08 Å². The molecule has 0 spiro atoms. The Bertz CT molecular complexity index is 507. The van der Waals surface area contributed by atoms with Crippen LogP contribution in [0.5, 0.6) is 0 Å². The number of hydrogen-bond donors (Lipinski definition) is 1. The van der Waals surface area contributed by atoms with E-state index in [0.29, 0.717) is 12.5 Å². The molecule has 0 atom stereocenters. The minimum absolute atomic E-state index is 0.480. The molecule has 1 aromatic heterocycles. The summed E-state index contributed by atoms with van der Waals surface area (Å²) in [5.41, 5.74) is 1.66. The monoisotopic (exact) mass is 295 g/mol. The Labute approximate surface area is 126 Å². The zero-order valence-electron chi connectivity index (χ0n) is 13.5. The fraction of sp³-hybridized carbons (Fsp3) is 0.600. The number of aromatic nitrogens is 2. The highest BCUT2D eigenvalue weighted by Gasteiger charge is 2.18. The molecule has 1 rings (SSSR count). The van der Waals surface area contributed by atoms with Crippen LogP contribution >= 0.6 is 0 Å². The van der Waals surface area contributed by atoms with Gasteiger partial charge in [0.25, 0.3) is 0 Å². The van der Waals surface area contributed by atoms with Crippen LogP contribution in [0.2, 0.25) is 0 Å². The first kappa shape index (κ1) is 17.2. The number of ether oxygens (including phenoxy) is 1. The van der Waals surface area contributed by atoms with Crippen LogP contribution in [0.3, 0.4) is 0 Å². The Morgan fingerprint density at radius 1 is 1.52 bits per heavy atom. The molecule has 0 saturated heterocycles. The van der Waals surface area contributed by atoms with E-state index >= 15 is 0 Å². The maximum absolute atomic E-state index is 10.8. The highest BCUT2D eigenvalue weighted by Crippen LogP contribution is 2.25. The van der Waals surface area contributed by atoms with Crippen molar-refractivity contribution >= 4 is 17.9 Å². The van der Waals surface area contributed by atoms with E-state index in [4.69, 9.17) is 9.84 Å². The second-order valence-corrected chi connectivity index (χ2v) is 5.45. The molecule has 6 heteroatoms. The molecule has 0 saturated carbocycles. The third kappa shape index (κ3) is 4.90. The molecule has 21 heavy (non-hydrogen) atoms. The molecule has 0 radical (unpaired) electrons. The van der Waals surface area contributed by atoms with Crippen molar-refractivity contribution in [1.29, 1.82) is 0 Å². The van der Waals surface area contributed by atoms with Crippen molar-refractivity contribution in [2.45, 2.75) is 20.8 Å². The summed E-state index contributed by atoms with van der Waals surface area (Å²) in [6, 6.07) is 0. The molecule has 0 unspecified atom stereocenters. The van der Waals surface area contributed by atoms with E-state index in [9.17, 15) is 4.79 Å². The van der Waals surface area contributed by atoms with Gasteiger partial charge in [0.1, 0.15) is 5.82 Å². The number of hydrogen-bond acceptors (Lipinski definition) is 4. The van der Waals surface area contributed by atoms with E-state index < -0.39 is 5.97 Å². The lowest BCUT2D eigenvalue weighted by Gasteiger charge is -2.27. The smallest absolute Gasteiger partial charge is 0.328 e. The number of aryl methyl sites for hydroxylation is 2. The Kier molecular flexibility index (Phi) is 6.42. The molecule has 0 fully saturated rings. The van der Waals surface area contributed by atoms with Crippen molar-refractivity contribution in [3.05, 3.63) is 17.3 Å². The number of carbonyl (C=O) groups is 1. The summed E-state index contributed by atoms with van der Waals surface area (Å²) in [5, 5.41) is 13.3. The largest absolute Gasteiger partial charge is 0.478 e. The molecule has 6 nitrogen and oxygen atoms in total. The van der Waals surface area contributed by atoms with Crippen molar-refractivity contribution in [2.24, 2.45) is 13.0 Å². The maximum atomic E-state index is 10.8. The van der Waals surface area contributed by atoms with Crippen LogP contribution in [-0.4, -0.2) is 47.7 Å². The number of rotatable bonds is 8. The molecule has 1 heterocycles. The van der Waals surface area contributed by atoms with E-state index in [-0.39, 0.29) is 0 Å². The van der Waals surface area contributed by atoms with Crippen LogP contribution in [0.4, 0.5) is 5.82 Å². The zero-order valence-corrected chi connectivity index (χ0v) is 13.5. The molecule has 1 N–H and O–H groups in total. The predicted octanol–water partition coefficient (Wildman–Crippen LogP) is 1.94. The van der Waals surface area contributed by atoms with E-state index in [1.165, 1.54) is 0 Å². The number of nitrogens with zero attached hydrogens (tertiary/aromatic N) is 3. The van der Waals surface area contributed by atoms with E-state index in [2.05, 4.69) is 23.8 Å². The van der Waals surface area contributed by atoms with Gasteiger partial charge in [0.05, 0.1) is 12.3 Å². The van der Waals surface area contributed by atoms with Gasteiger partial charge in [0.2, 0.25) is 0 Å². The summed E-state index contributed by atoms with van der Waals surface area (Å²) in [4.78, 5) is 13.0. The van der Waals surface area contributed by atoms with Gasteiger partial charge in [-0.1, -0.05) is 13.8 Å². The van der Waals surface area contributed by atoms with Crippen LogP contribution < -0.4 is 4.90 Å². The molecular formula is C15H25N3O3. The second kappa shape index (κ2) is 7.83. The second-order valence-electron chi connectivity index (χ2n) is 5.45. The quantitative estimate of drug-likeness (QED) is 0.742. The van der Waals surface area contributed by atoms with Gasteiger partial charge >= 0.3 is 5.97 Å². The van der Waals surface area contributed by atoms with Crippen molar-refractivity contribution in [3.8, 4) is 0 Å². The van der Waals surface area contributed by atoms with E-state index in [0.717, 1.165) is 36.2 Å². The predicted molar refractivity (Wildman–Crippen MR) is 83.5 cm³/mol. The summed E-state index contributed by atoms with van der Waals surface area (Å²) >= 11 is 0. The van der Waals surface area contributed by atoms with Gasteiger partial charge < -0.3 is 14.7 Å². The summed E-state index contributed by atoms with van der Waals surface area (Å²) in [7, 11) is 3.55. The number of aliphatic carboxylic acids is 1. The van der Waals surface area contributed by atoms with Gasteiger partial charge in [0, 0.05) is 38.9 Å². The first-order chi connectivity index (χ1) is 9.86. The first-order valence-electron chi connectivity index (χ1n) is 7.05. The van der Waals surface area contributed by atoms with Crippen molar-refractivity contribution in [1.82, 2.24) is 9.78 Å². The summed E-state index contributed by atoms with van der Waals surface area (Å²) < 4.78 is 6.98. The van der Waals surface area contributed by atoms with Crippen LogP contribution in [0.1, 0.15) is 25.1 Å². The third-order valence-corrected chi connectivity index (χ3v) is 3.08. The Balaban J connectivity index is 3.18. The molecule has 0 aliphatic rings. The Morgan fingerprint density at radius 3 is 2.71 bits per heavy atom. The molecule has 118 valence electrons. The lowest BCUT2D eigenvalue weighted by Crippen LogP contribution is -2.33. The minimum Gasteiger partial charge on any atom is -0.478 e. The van der Waals surface area contributed by atoms with Crippen LogP contribution in [0, 0.1) is 12.8 Å². The van der Waals surface area contributed by atoms with Crippen molar-refractivity contribution < 1.29 is 14.6 Å². The van der Waals surface area contributed by atoms with Gasteiger partial charge in [0.15, 0.2) is 0 Å². The average molecular weight is 295 g/mol. The molecule has 0 amide bonds. The molecule has 1 aromatic rings. The summed E-state index contributed by atoms with van der Waals surface area (Å²) in [6.07, 6.45) is 2.76. The van der Waals surface area contributed by atoms with Crippen molar-refractivity contribution in [2.75, 3.05) is 31.7 Å². The van der Waals surface area contributed by atoms with Gasteiger partial charge in [-0.25, -0.2) is 4.79 Å². The molecule has 0 aliphatic heterocycles. The zero-order chi connectivity index (χ0) is 16.0. The topological polar surface area (TPSA) is 67.6 Å². The number of methoxy groups -OCH3 is 1. The molecule has 0 bridgehead atoms. The van der Waals surface area contributed by atoms with Crippen LogP contribution in [-0.2, 0) is 16.6 Å². The number of carboxylic acids is 1. The van der Waals surface area contributed by atoms with Gasteiger partial charge in [-0.2, -0.15) is 5.10 Å². The normalized spacial score (nSPS) is 11.5. The van der Waals surface area contributed by atoms with Gasteiger partial charge in [-0.15, -0.1) is 0 Å². The first-order valence-corrected chi connectivity index (χ1v) is 7.05. The third-order valence-electron chi connectivity index (χ3n) is 3.08. The lowest BCUT2D eigenvalue weighted by molar-refractivity contribution is -0.131. The highest BCUT2D eigenvalue weighted by molar-refractivity contribution is 5.87. The van der Waals surface area contributed by atoms with E-state index in [1.54, 1.807) is 17.9 Å². The average Bonchev–Trinajstić information content (AvgIpc) is 2.66. The highest BCUT2D eigenvalue weighted by atomic mass is 16.5. The SMILES string of the molecule is COCCN(CC(C)C)c1c(C=CC(=O)O)c(C)nn1C. The number of anilines is 1. The van der Waals surface area contributed by atoms with E-state index in [1.807, 2.05) is 14.0 Å². The minimum atomic E-state index is -0.962. The maximum Gasteiger partial charge on any atom is 0.328 e. The summed E-state index contributed by atoms with van der Waals surface area (Å²) in [6.45, 7) is 8.39. The Hall–Kier alpha value is -1.82. The van der Waals surface area contributed by atoms with Gasteiger partial charge in [-0.3, -0.25) is 4.68 Å². The number of carboxylic acid groups (broad SMARTS) is 1. The fourth-order valence-electron chi connectivity index (χ4n) is 2.31.